The number of nitrogens with zero attached hydrogens (tertiary/aromatic N) is 4. The molecular weight excluding hydrogens is 376 g/mol. The van der Waals surface area contributed by atoms with Gasteiger partial charge in [-0.3, -0.25) is 4.98 Å². The van der Waals surface area contributed by atoms with Gasteiger partial charge in [0.1, 0.15) is 5.82 Å². The highest BCUT2D eigenvalue weighted by Crippen LogP contribution is 2.23. The molecule has 2 aromatic heterocycles. The van der Waals surface area contributed by atoms with Crippen LogP contribution in [0.2, 0.25) is 0 Å². The summed E-state index contributed by atoms with van der Waals surface area (Å²) in [5.74, 6) is 1.27. The fraction of sp³-hybridized carbons (Fsp3) is 0.417. The standard InChI is InChI=1S/C24H30N4O2/c1-4-6-7-15-28-21(26-23(27-28)17(3)5-2)16-18-10-12-19(13-11-18)22-20(24(29)30)9-8-14-25-22/h8-14,17H,4-7,15-16H2,1-3H3,(H,29,30). The van der Waals surface area contributed by atoms with E-state index in [1.165, 1.54) is 12.8 Å². The van der Waals surface area contributed by atoms with E-state index >= 15 is 0 Å². The highest BCUT2D eigenvalue weighted by atomic mass is 16.4. The van der Waals surface area contributed by atoms with Crippen molar-refractivity contribution in [2.45, 2.75) is 65.3 Å². The van der Waals surface area contributed by atoms with Crippen molar-refractivity contribution in [3.8, 4) is 11.3 Å². The molecule has 158 valence electrons. The molecule has 0 bridgehead atoms. The molecule has 3 rings (SSSR count). The Morgan fingerprint density at radius 1 is 1.13 bits per heavy atom. The minimum Gasteiger partial charge on any atom is -0.478 e. The fourth-order valence-corrected chi connectivity index (χ4v) is 3.38. The molecule has 30 heavy (non-hydrogen) atoms. The Morgan fingerprint density at radius 3 is 2.57 bits per heavy atom. The smallest absolute Gasteiger partial charge is 0.337 e. The van der Waals surface area contributed by atoms with Crippen LogP contribution in [0.5, 0.6) is 0 Å². The molecule has 0 amide bonds. The van der Waals surface area contributed by atoms with Crippen LogP contribution >= 0.6 is 0 Å². The first-order valence-corrected chi connectivity index (χ1v) is 10.7. The van der Waals surface area contributed by atoms with Gasteiger partial charge >= 0.3 is 5.97 Å². The predicted octanol–water partition coefficient (Wildman–Crippen LogP) is 5.33. The van der Waals surface area contributed by atoms with Crippen LogP contribution in [0.1, 0.15) is 79.9 Å². The van der Waals surface area contributed by atoms with Gasteiger partial charge in [0.05, 0.1) is 11.3 Å². The number of rotatable bonds is 10. The lowest BCUT2D eigenvalue weighted by atomic mass is 10.0. The highest BCUT2D eigenvalue weighted by molar-refractivity contribution is 5.94. The Morgan fingerprint density at radius 2 is 1.90 bits per heavy atom. The molecule has 1 aromatic carbocycles. The predicted molar refractivity (Wildman–Crippen MR) is 118 cm³/mol. The van der Waals surface area contributed by atoms with Gasteiger partial charge in [-0.05, 0) is 30.5 Å². The molecule has 1 unspecified atom stereocenters. The van der Waals surface area contributed by atoms with E-state index in [4.69, 9.17) is 10.1 Å². The van der Waals surface area contributed by atoms with Crippen molar-refractivity contribution in [1.29, 1.82) is 0 Å². The van der Waals surface area contributed by atoms with Crippen LogP contribution in [0.3, 0.4) is 0 Å². The summed E-state index contributed by atoms with van der Waals surface area (Å²) in [4.78, 5) is 20.6. The maximum atomic E-state index is 11.5. The van der Waals surface area contributed by atoms with Crippen LogP contribution in [-0.4, -0.2) is 30.8 Å². The van der Waals surface area contributed by atoms with Crippen LogP contribution < -0.4 is 0 Å². The first kappa shape index (κ1) is 21.7. The molecule has 6 nitrogen and oxygen atoms in total. The summed E-state index contributed by atoms with van der Waals surface area (Å²) in [6.07, 6.45) is 6.79. The summed E-state index contributed by atoms with van der Waals surface area (Å²) in [7, 11) is 0. The van der Waals surface area contributed by atoms with Crippen molar-refractivity contribution in [1.82, 2.24) is 19.7 Å². The molecular formula is C24H30N4O2. The Hall–Kier alpha value is -3.02. The Kier molecular flexibility index (Phi) is 7.33. The van der Waals surface area contributed by atoms with Gasteiger partial charge in [0.15, 0.2) is 5.82 Å². The lowest BCUT2D eigenvalue weighted by Crippen LogP contribution is -2.07. The lowest BCUT2D eigenvalue weighted by molar-refractivity contribution is 0.0697. The van der Waals surface area contributed by atoms with E-state index in [-0.39, 0.29) is 5.56 Å². The van der Waals surface area contributed by atoms with Gasteiger partial charge in [0.2, 0.25) is 0 Å². The number of pyridine rings is 1. The lowest BCUT2D eigenvalue weighted by Gasteiger charge is -2.08. The molecule has 0 aliphatic rings. The van der Waals surface area contributed by atoms with Gasteiger partial charge in [-0.1, -0.05) is 57.9 Å². The van der Waals surface area contributed by atoms with Crippen molar-refractivity contribution in [2.24, 2.45) is 0 Å². The van der Waals surface area contributed by atoms with E-state index in [1.807, 2.05) is 24.3 Å². The summed E-state index contributed by atoms with van der Waals surface area (Å²) in [5.41, 5.74) is 2.60. The molecule has 1 atom stereocenters. The van der Waals surface area contributed by atoms with E-state index in [9.17, 15) is 9.90 Å². The van der Waals surface area contributed by atoms with Gasteiger partial charge < -0.3 is 5.11 Å². The monoisotopic (exact) mass is 406 g/mol. The van der Waals surface area contributed by atoms with Crippen LogP contribution in [0.15, 0.2) is 42.6 Å². The van der Waals surface area contributed by atoms with Crippen molar-refractivity contribution >= 4 is 5.97 Å². The minimum absolute atomic E-state index is 0.208. The number of carbonyl (C=O) groups is 1. The molecule has 1 N–H and O–H groups in total. The largest absolute Gasteiger partial charge is 0.478 e. The minimum atomic E-state index is -0.972. The molecule has 0 spiro atoms. The topological polar surface area (TPSA) is 80.9 Å². The van der Waals surface area contributed by atoms with E-state index in [1.54, 1.807) is 18.3 Å². The molecule has 0 aliphatic carbocycles. The molecule has 0 saturated heterocycles. The van der Waals surface area contributed by atoms with Gasteiger partial charge in [-0.2, -0.15) is 5.10 Å². The summed E-state index contributed by atoms with van der Waals surface area (Å²) in [6, 6.07) is 11.1. The number of hydrogen-bond donors (Lipinski definition) is 1. The van der Waals surface area contributed by atoms with Crippen molar-refractivity contribution < 1.29 is 9.90 Å². The molecule has 2 heterocycles. The number of unbranched alkanes of at least 4 members (excludes halogenated alkanes) is 2. The van der Waals surface area contributed by atoms with Gasteiger partial charge in [-0.15, -0.1) is 0 Å². The second-order valence-corrected chi connectivity index (χ2v) is 7.70. The maximum absolute atomic E-state index is 11.5. The summed E-state index contributed by atoms with van der Waals surface area (Å²) >= 11 is 0. The normalized spacial score (nSPS) is 12.1. The van der Waals surface area contributed by atoms with Crippen LogP contribution in [0.4, 0.5) is 0 Å². The average molecular weight is 407 g/mol. The van der Waals surface area contributed by atoms with E-state index in [0.29, 0.717) is 18.0 Å². The van der Waals surface area contributed by atoms with E-state index in [0.717, 1.165) is 42.2 Å². The number of aromatic carboxylic acids is 1. The maximum Gasteiger partial charge on any atom is 0.337 e. The Balaban J connectivity index is 1.83. The average Bonchev–Trinajstić information content (AvgIpc) is 3.16. The van der Waals surface area contributed by atoms with Crippen LogP contribution in [0, 0.1) is 0 Å². The molecule has 0 saturated carbocycles. The third-order valence-corrected chi connectivity index (χ3v) is 5.42. The second kappa shape index (κ2) is 10.1. The van der Waals surface area contributed by atoms with Crippen LogP contribution in [-0.2, 0) is 13.0 Å². The molecule has 3 aromatic rings. The highest BCUT2D eigenvalue weighted by Gasteiger charge is 2.16. The SMILES string of the molecule is CCCCCn1nc(C(C)CC)nc1Cc1ccc(-c2ncccc2C(=O)O)cc1. The van der Waals surface area contributed by atoms with Crippen molar-refractivity contribution in [2.75, 3.05) is 0 Å². The first-order chi connectivity index (χ1) is 14.5. The van der Waals surface area contributed by atoms with Crippen molar-refractivity contribution in [3.05, 3.63) is 65.4 Å². The molecule has 0 aliphatic heterocycles. The number of aromatic nitrogens is 4. The summed E-state index contributed by atoms with van der Waals surface area (Å²) < 4.78 is 2.06. The Bertz CT molecular complexity index is 979. The molecule has 0 radical (unpaired) electrons. The third kappa shape index (κ3) is 5.12. The zero-order chi connectivity index (χ0) is 21.5. The van der Waals surface area contributed by atoms with E-state index in [2.05, 4.69) is 30.4 Å². The van der Waals surface area contributed by atoms with Crippen LogP contribution in [0.25, 0.3) is 11.3 Å². The number of aryl methyl sites for hydroxylation is 1. The quantitative estimate of drug-likeness (QED) is 0.460. The van der Waals surface area contributed by atoms with Gasteiger partial charge in [0, 0.05) is 30.6 Å². The number of carboxylic acids is 1. The zero-order valence-corrected chi connectivity index (χ0v) is 18.0. The molecule has 0 fully saturated rings. The first-order valence-electron chi connectivity index (χ1n) is 10.7. The van der Waals surface area contributed by atoms with E-state index < -0.39 is 5.97 Å². The zero-order valence-electron chi connectivity index (χ0n) is 18.0. The molecule has 6 heteroatoms. The fourth-order valence-electron chi connectivity index (χ4n) is 3.38. The summed E-state index contributed by atoms with van der Waals surface area (Å²) in [5, 5.41) is 14.2. The number of hydrogen-bond acceptors (Lipinski definition) is 4. The Labute approximate surface area is 178 Å². The third-order valence-electron chi connectivity index (χ3n) is 5.42. The van der Waals surface area contributed by atoms with Crippen molar-refractivity contribution in [3.63, 3.8) is 0 Å². The van der Waals surface area contributed by atoms with Gasteiger partial charge in [0.25, 0.3) is 0 Å². The van der Waals surface area contributed by atoms with Gasteiger partial charge in [-0.25, -0.2) is 14.5 Å². The number of carboxylic acid groups (broad SMARTS) is 1. The number of benzene rings is 1. The summed E-state index contributed by atoms with van der Waals surface area (Å²) in [6.45, 7) is 7.41. The second-order valence-electron chi connectivity index (χ2n) is 7.70.